The van der Waals surface area contributed by atoms with Crippen LogP contribution in [0.1, 0.15) is 19.2 Å². The molecule has 0 aliphatic rings. The van der Waals surface area contributed by atoms with E-state index in [2.05, 4.69) is 32.5 Å². The Morgan fingerprint density at radius 2 is 1.86 bits per heavy atom. The second-order valence-corrected chi connectivity index (χ2v) is 6.52. The molecule has 7 nitrogen and oxygen atoms in total. The van der Waals surface area contributed by atoms with E-state index in [1.807, 2.05) is 48.5 Å². The number of hydrogen-bond donors (Lipinski definition) is 3. The zero-order chi connectivity index (χ0) is 20.3. The molecule has 1 aromatic heterocycles. The molecular weight excluding hydrogens is 366 g/mol. The van der Waals surface area contributed by atoms with E-state index >= 15 is 0 Å². The maximum atomic E-state index is 5.73. The molecule has 7 heteroatoms. The fraction of sp³-hybridized carbons (Fsp3) is 0.364. The molecule has 0 amide bonds. The second kappa shape index (κ2) is 10.9. The first-order valence-electron chi connectivity index (χ1n) is 10.0. The first kappa shape index (κ1) is 20.5. The molecule has 0 bridgehead atoms. The number of nitrogens with one attached hydrogen (secondary N) is 3. The van der Waals surface area contributed by atoms with Crippen LogP contribution in [-0.2, 0) is 6.42 Å². The van der Waals surface area contributed by atoms with Crippen LogP contribution >= 0.6 is 0 Å². The van der Waals surface area contributed by atoms with Crippen LogP contribution in [0.25, 0.3) is 11.0 Å². The Bertz CT molecular complexity index is 872. The summed E-state index contributed by atoms with van der Waals surface area (Å²) in [7, 11) is 1.65. The van der Waals surface area contributed by atoms with Crippen molar-refractivity contribution < 1.29 is 9.47 Å². The Hall–Kier alpha value is -3.22. The van der Waals surface area contributed by atoms with Crippen LogP contribution in [0.4, 0.5) is 0 Å². The summed E-state index contributed by atoms with van der Waals surface area (Å²) in [6, 6.07) is 15.7. The highest BCUT2D eigenvalue weighted by atomic mass is 16.5. The van der Waals surface area contributed by atoms with Gasteiger partial charge in [-0.05, 0) is 49.7 Å². The van der Waals surface area contributed by atoms with Gasteiger partial charge in [0, 0.05) is 19.5 Å². The number of para-hydroxylation sites is 2. The number of aromatic nitrogens is 2. The lowest BCUT2D eigenvalue weighted by Gasteiger charge is -2.12. The number of aromatic amines is 1. The lowest BCUT2D eigenvalue weighted by Crippen LogP contribution is -2.39. The van der Waals surface area contributed by atoms with Gasteiger partial charge in [-0.25, -0.2) is 4.98 Å². The Labute approximate surface area is 171 Å². The Kier molecular flexibility index (Phi) is 7.74. The van der Waals surface area contributed by atoms with Gasteiger partial charge in [-0.2, -0.15) is 0 Å². The minimum absolute atomic E-state index is 0.551. The molecular formula is C22H29N5O2. The lowest BCUT2D eigenvalue weighted by molar-refractivity contribution is 0.321. The third-order valence-corrected chi connectivity index (χ3v) is 4.35. The van der Waals surface area contributed by atoms with Gasteiger partial charge in [0.25, 0.3) is 0 Å². The summed E-state index contributed by atoms with van der Waals surface area (Å²) in [4.78, 5) is 12.6. The van der Waals surface area contributed by atoms with Crippen LogP contribution in [0.3, 0.4) is 0 Å². The number of benzene rings is 2. The number of aryl methyl sites for hydroxylation is 1. The van der Waals surface area contributed by atoms with E-state index in [-0.39, 0.29) is 0 Å². The van der Waals surface area contributed by atoms with Crippen molar-refractivity contribution in [1.82, 2.24) is 20.6 Å². The Morgan fingerprint density at radius 1 is 1.07 bits per heavy atom. The molecule has 29 heavy (non-hydrogen) atoms. The third-order valence-electron chi connectivity index (χ3n) is 4.35. The Balaban J connectivity index is 1.39. The zero-order valence-electron chi connectivity index (χ0n) is 17.1. The van der Waals surface area contributed by atoms with Gasteiger partial charge in [0.05, 0.1) is 24.7 Å². The van der Waals surface area contributed by atoms with Gasteiger partial charge in [-0.1, -0.05) is 12.1 Å². The first-order valence-corrected chi connectivity index (χ1v) is 10.0. The Morgan fingerprint density at radius 3 is 2.62 bits per heavy atom. The average molecular weight is 396 g/mol. The van der Waals surface area contributed by atoms with Crippen molar-refractivity contribution in [3.8, 4) is 11.5 Å². The van der Waals surface area contributed by atoms with Crippen molar-refractivity contribution in [3.63, 3.8) is 0 Å². The fourth-order valence-electron chi connectivity index (χ4n) is 2.91. The van der Waals surface area contributed by atoms with E-state index < -0.39 is 0 Å². The van der Waals surface area contributed by atoms with Gasteiger partial charge in [-0.15, -0.1) is 0 Å². The van der Waals surface area contributed by atoms with Crippen molar-refractivity contribution in [2.24, 2.45) is 4.99 Å². The molecule has 3 N–H and O–H groups in total. The molecule has 0 aliphatic carbocycles. The normalized spacial score (nSPS) is 11.4. The highest BCUT2D eigenvalue weighted by Crippen LogP contribution is 2.16. The smallest absolute Gasteiger partial charge is 0.191 e. The first-order chi connectivity index (χ1) is 14.3. The molecule has 0 atom stereocenters. The second-order valence-electron chi connectivity index (χ2n) is 6.52. The van der Waals surface area contributed by atoms with E-state index in [9.17, 15) is 0 Å². The molecule has 0 unspecified atom stereocenters. The third kappa shape index (κ3) is 6.41. The summed E-state index contributed by atoms with van der Waals surface area (Å²) in [6.07, 6.45) is 1.80. The molecule has 1 heterocycles. The number of H-pyrrole nitrogens is 1. The maximum absolute atomic E-state index is 5.73. The standard InChI is InChI=1S/C22H29N5O2/c1-3-23-22(25-15-16-29-18-12-10-17(28-2)11-13-18)24-14-6-9-21-26-19-7-4-5-8-20(19)27-21/h4-5,7-8,10-13H,3,6,9,14-16H2,1-2H3,(H,26,27)(H2,23,24,25). The highest BCUT2D eigenvalue weighted by molar-refractivity contribution is 5.79. The SMILES string of the molecule is CCNC(=NCCCc1nc2ccccc2[nH]1)NCCOc1ccc(OC)cc1. The summed E-state index contributed by atoms with van der Waals surface area (Å²) in [6.45, 7) is 4.82. The lowest BCUT2D eigenvalue weighted by atomic mass is 10.3. The van der Waals surface area contributed by atoms with Crippen LogP contribution in [0.2, 0.25) is 0 Å². The van der Waals surface area contributed by atoms with Gasteiger partial charge < -0.3 is 25.1 Å². The van der Waals surface area contributed by atoms with E-state index in [4.69, 9.17) is 9.47 Å². The number of aliphatic imine (C=N–C) groups is 1. The van der Waals surface area contributed by atoms with Crippen molar-refractivity contribution in [3.05, 3.63) is 54.4 Å². The molecule has 0 fully saturated rings. The van der Waals surface area contributed by atoms with Gasteiger partial charge in [0.15, 0.2) is 5.96 Å². The topological polar surface area (TPSA) is 83.6 Å². The van der Waals surface area contributed by atoms with Crippen LogP contribution < -0.4 is 20.1 Å². The summed E-state index contributed by atoms with van der Waals surface area (Å²) >= 11 is 0. The number of fused-ring (bicyclic) bond motifs is 1. The number of hydrogen-bond acceptors (Lipinski definition) is 4. The van der Waals surface area contributed by atoms with E-state index in [1.165, 1.54) is 0 Å². The predicted octanol–water partition coefficient (Wildman–Crippen LogP) is 3.14. The van der Waals surface area contributed by atoms with Crippen LogP contribution in [-0.4, -0.2) is 49.3 Å². The number of nitrogens with zero attached hydrogens (tertiary/aromatic N) is 2. The molecule has 0 saturated heterocycles. The van der Waals surface area contributed by atoms with E-state index in [0.29, 0.717) is 13.2 Å². The van der Waals surface area contributed by atoms with Crippen LogP contribution in [0, 0.1) is 0 Å². The molecule has 0 saturated carbocycles. The van der Waals surface area contributed by atoms with E-state index in [1.54, 1.807) is 7.11 Å². The van der Waals surface area contributed by atoms with Gasteiger partial charge in [0.1, 0.15) is 23.9 Å². The summed E-state index contributed by atoms with van der Waals surface area (Å²) in [5.41, 5.74) is 2.09. The minimum atomic E-state index is 0.551. The maximum Gasteiger partial charge on any atom is 0.191 e. The summed E-state index contributed by atoms with van der Waals surface area (Å²) in [5, 5.41) is 6.56. The molecule has 0 radical (unpaired) electrons. The van der Waals surface area contributed by atoms with Crippen LogP contribution in [0.5, 0.6) is 11.5 Å². The number of imidazole rings is 1. The van der Waals surface area contributed by atoms with Crippen molar-refractivity contribution in [1.29, 1.82) is 0 Å². The monoisotopic (exact) mass is 395 g/mol. The molecule has 3 aromatic rings. The van der Waals surface area contributed by atoms with Gasteiger partial charge in [-0.3, -0.25) is 4.99 Å². The molecule has 0 aliphatic heterocycles. The summed E-state index contributed by atoms with van der Waals surface area (Å²) < 4.78 is 10.9. The van der Waals surface area contributed by atoms with Gasteiger partial charge in [0.2, 0.25) is 0 Å². The van der Waals surface area contributed by atoms with Crippen molar-refractivity contribution in [2.45, 2.75) is 19.8 Å². The number of guanidine groups is 1. The highest BCUT2D eigenvalue weighted by Gasteiger charge is 2.02. The number of rotatable bonds is 10. The number of methoxy groups -OCH3 is 1. The zero-order valence-corrected chi connectivity index (χ0v) is 17.1. The van der Waals surface area contributed by atoms with Crippen molar-refractivity contribution >= 4 is 17.0 Å². The fourth-order valence-corrected chi connectivity index (χ4v) is 2.91. The minimum Gasteiger partial charge on any atom is -0.497 e. The van der Waals surface area contributed by atoms with Gasteiger partial charge >= 0.3 is 0 Å². The number of ether oxygens (including phenoxy) is 2. The molecule has 2 aromatic carbocycles. The average Bonchev–Trinajstić information content (AvgIpc) is 3.17. The van der Waals surface area contributed by atoms with Crippen molar-refractivity contribution in [2.75, 3.05) is 33.4 Å². The molecule has 3 rings (SSSR count). The largest absolute Gasteiger partial charge is 0.497 e. The summed E-state index contributed by atoms with van der Waals surface area (Å²) in [5.74, 6) is 3.45. The van der Waals surface area contributed by atoms with E-state index in [0.717, 1.165) is 60.2 Å². The molecule has 154 valence electrons. The molecule has 0 spiro atoms. The van der Waals surface area contributed by atoms with Crippen LogP contribution in [0.15, 0.2) is 53.5 Å². The quantitative estimate of drug-likeness (QED) is 0.279. The predicted molar refractivity (Wildman–Crippen MR) is 117 cm³/mol.